The molecule has 106 valence electrons. The number of nitrogens with zero attached hydrogens (tertiary/aromatic N) is 1. The number of benzene rings is 2. The first-order valence-electron chi connectivity index (χ1n) is 6.70. The summed E-state index contributed by atoms with van der Waals surface area (Å²) in [7, 11) is 0. The number of anilines is 1. The average molecular weight is 317 g/mol. The van der Waals surface area contributed by atoms with Gasteiger partial charge in [0.15, 0.2) is 0 Å². The van der Waals surface area contributed by atoms with Gasteiger partial charge in [-0.1, -0.05) is 41.4 Å². The van der Waals surface area contributed by atoms with Gasteiger partial charge >= 0.3 is 0 Å². The Morgan fingerprint density at radius 2 is 1.86 bits per heavy atom. The molecule has 2 aromatic carbocycles. The van der Waals surface area contributed by atoms with Crippen molar-refractivity contribution in [3.8, 4) is 0 Å². The number of hydrogen-bond donors (Lipinski definition) is 1. The molecule has 0 spiro atoms. The minimum atomic E-state index is 0.0972. The van der Waals surface area contributed by atoms with Crippen LogP contribution in [0.5, 0.6) is 0 Å². The standard InChI is InChI=1S/C17H14Cl2N2/c1-11(13-4-2-3-5-15(13)19)21-16-8-9-20-17-10-12(18)6-7-14(16)17/h2-11H,1H3,(H,20,21)/t11-/m1/s1. The van der Waals surface area contributed by atoms with E-state index < -0.39 is 0 Å². The van der Waals surface area contributed by atoms with Crippen LogP contribution in [0.25, 0.3) is 10.9 Å². The van der Waals surface area contributed by atoms with Gasteiger partial charge in [0.2, 0.25) is 0 Å². The number of halogens is 2. The molecule has 0 aliphatic heterocycles. The summed E-state index contributed by atoms with van der Waals surface area (Å²) in [5.41, 5.74) is 2.96. The van der Waals surface area contributed by atoms with Crippen LogP contribution in [-0.4, -0.2) is 4.98 Å². The molecule has 0 saturated heterocycles. The van der Waals surface area contributed by atoms with E-state index in [0.717, 1.165) is 27.2 Å². The molecule has 3 aromatic rings. The van der Waals surface area contributed by atoms with Crippen molar-refractivity contribution in [2.24, 2.45) is 0 Å². The Labute approximate surface area is 133 Å². The van der Waals surface area contributed by atoms with Crippen LogP contribution in [-0.2, 0) is 0 Å². The number of nitrogens with one attached hydrogen (secondary N) is 1. The van der Waals surface area contributed by atoms with Crippen molar-refractivity contribution in [2.45, 2.75) is 13.0 Å². The topological polar surface area (TPSA) is 24.9 Å². The fourth-order valence-corrected chi connectivity index (χ4v) is 2.85. The second-order valence-corrected chi connectivity index (χ2v) is 5.75. The zero-order valence-corrected chi connectivity index (χ0v) is 13.0. The van der Waals surface area contributed by atoms with Crippen molar-refractivity contribution < 1.29 is 0 Å². The lowest BCUT2D eigenvalue weighted by Gasteiger charge is -2.18. The lowest BCUT2D eigenvalue weighted by molar-refractivity contribution is 0.887. The molecule has 0 unspecified atom stereocenters. The number of fused-ring (bicyclic) bond motifs is 1. The minimum absolute atomic E-state index is 0.0972. The zero-order valence-electron chi connectivity index (χ0n) is 11.5. The third-order valence-electron chi connectivity index (χ3n) is 3.45. The van der Waals surface area contributed by atoms with E-state index in [2.05, 4.69) is 17.2 Å². The summed E-state index contributed by atoms with van der Waals surface area (Å²) in [6, 6.07) is 15.6. The first-order chi connectivity index (χ1) is 10.1. The summed E-state index contributed by atoms with van der Waals surface area (Å²) in [5.74, 6) is 0. The van der Waals surface area contributed by atoms with Crippen LogP contribution in [0.4, 0.5) is 5.69 Å². The predicted octanol–water partition coefficient (Wildman–Crippen LogP) is 5.71. The van der Waals surface area contributed by atoms with Gasteiger partial charge in [0, 0.05) is 27.3 Å². The third-order valence-corrected chi connectivity index (χ3v) is 4.03. The normalized spacial score (nSPS) is 12.3. The van der Waals surface area contributed by atoms with Crippen molar-refractivity contribution in [3.63, 3.8) is 0 Å². The van der Waals surface area contributed by atoms with Crippen LogP contribution in [0, 0.1) is 0 Å². The maximum Gasteiger partial charge on any atom is 0.0737 e. The van der Waals surface area contributed by atoms with Crippen molar-refractivity contribution in [1.29, 1.82) is 0 Å². The summed E-state index contributed by atoms with van der Waals surface area (Å²) >= 11 is 12.3. The molecule has 1 heterocycles. The van der Waals surface area contributed by atoms with E-state index in [1.807, 2.05) is 48.5 Å². The smallest absolute Gasteiger partial charge is 0.0737 e. The monoisotopic (exact) mass is 316 g/mol. The zero-order chi connectivity index (χ0) is 14.8. The Kier molecular flexibility index (Phi) is 4.00. The summed E-state index contributed by atoms with van der Waals surface area (Å²) < 4.78 is 0. The molecule has 1 aromatic heterocycles. The Morgan fingerprint density at radius 1 is 1.05 bits per heavy atom. The number of aromatic nitrogens is 1. The fraction of sp³-hybridized carbons (Fsp3) is 0.118. The Hall–Kier alpha value is -1.77. The quantitative estimate of drug-likeness (QED) is 0.669. The molecule has 1 atom stereocenters. The maximum atomic E-state index is 6.25. The van der Waals surface area contributed by atoms with Crippen LogP contribution in [0.2, 0.25) is 10.0 Å². The van der Waals surface area contributed by atoms with Gasteiger partial charge in [0.05, 0.1) is 11.6 Å². The molecule has 0 saturated carbocycles. The molecule has 0 bridgehead atoms. The van der Waals surface area contributed by atoms with Gasteiger partial charge in [-0.25, -0.2) is 0 Å². The van der Waals surface area contributed by atoms with E-state index >= 15 is 0 Å². The van der Waals surface area contributed by atoms with Gasteiger partial charge in [-0.05, 0) is 42.8 Å². The Bertz CT molecular complexity index is 787. The molecule has 2 nitrogen and oxygen atoms in total. The van der Waals surface area contributed by atoms with Crippen LogP contribution in [0.15, 0.2) is 54.7 Å². The number of pyridine rings is 1. The van der Waals surface area contributed by atoms with Gasteiger partial charge in [-0.3, -0.25) is 4.98 Å². The summed E-state index contributed by atoms with van der Waals surface area (Å²) in [6.07, 6.45) is 1.78. The van der Waals surface area contributed by atoms with Crippen molar-refractivity contribution >= 4 is 39.8 Å². The average Bonchev–Trinajstić information content (AvgIpc) is 2.47. The van der Waals surface area contributed by atoms with Crippen molar-refractivity contribution in [2.75, 3.05) is 5.32 Å². The molecular weight excluding hydrogens is 303 g/mol. The lowest BCUT2D eigenvalue weighted by atomic mass is 10.1. The van der Waals surface area contributed by atoms with Gasteiger partial charge < -0.3 is 5.32 Å². The first kappa shape index (κ1) is 14.2. The van der Waals surface area contributed by atoms with Gasteiger partial charge in [0.25, 0.3) is 0 Å². The van der Waals surface area contributed by atoms with E-state index in [0.29, 0.717) is 5.02 Å². The van der Waals surface area contributed by atoms with Crippen LogP contribution in [0.3, 0.4) is 0 Å². The highest BCUT2D eigenvalue weighted by molar-refractivity contribution is 6.31. The van der Waals surface area contributed by atoms with Crippen LogP contribution < -0.4 is 5.32 Å². The van der Waals surface area contributed by atoms with Gasteiger partial charge in [-0.15, -0.1) is 0 Å². The summed E-state index contributed by atoms with van der Waals surface area (Å²) in [6.45, 7) is 2.09. The molecule has 3 rings (SSSR count). The second-order valence-electron chi connectivity index (χ2n) is 4.91. The highest BCUT2D eigenvalue weighted by atomic mass is 35.5. The Morgan fingerprint density at radius 3 is 2.67 bits per heavy atom. The van der Waals surface area contributed by atoms with Crippen LogP contribution in [0.1, 0.15) is 18.5 Å². The molecule has 0 amide bonds. The molecule has 0 aliphatic carbocycles. The van der Waals surface area contributed by atoms with E-state index in [1.54, 1.807) is 6.20 Å². The SMILES string of the molecule is C[C@@H](Nc1ccnc2cc(Cl)ccc12)c1ccccc1Cl. The number of rotatable bonds is 3. The number of hydrogen-bond acceptors (Lipinski definition) is 2. The van der Waals surface area contributed by atoms with Crippen LogP contribution >= 0.6 is 23.2 Å². The summed E-state index contributed by atoms with van der Waals surface area (Å²) in [5, 5.41) is 5.99. The van der Waals surface area contributed by atoms with E-state index in [-0.39, 0.29) is 6.04 Å². The Balaban J connectivity index is 1.97. The highest BCUT2D eigenvalue weighted by Gasteiger charge is 2.10. The summed E-state index contributed by atoms with van der Waals surface area (Å²) in [4.78, 5) is 4.35. The molecule has 0 aliphatic rings. The largest absolute Gasteiger partial charge is 0.378 e. The lowest BCUT2D eigenvalue weighted by Crippen LogP contribution is -2.07. The van der Waals surface area contributed by atoms with E-state index in [9.17, 15) is 0 Å². The fourth-order valence-electron chi connectivity index (χ4n) is 2.38. The maximum absolute atomic E-state index is 6.25. The first-order valence-corrected chi connectivity index (χ1v) is 7.46. The van der Waals surface area contributed by atoms with E-state index in [4.69, 9.17) is 23.2 Å². The molecule has 4 heteroatoms. The molecule has 0 radical (unpaired) electrons. The second kappa shape index (κ2) is 5.92. The molecule has 0 fully saturated rings. The highest BCUT2D eigenvalue weighted by Crippen LogP contribution is 2.29. The minimum Gasteiger partial charge on any atom is -0.378 e. The van der Waals surface area contributed by atoms with Gasteiger partial charge in [-0.2, -0.15) is 0 Å². The van der Waals surface area contributed by atoms with E-state index in [1.165, 1.54) is 0 Å². The molecular formula is C17H14Cl2N2. The van der Waals surface area contributed by atoms with Crippen molar-refractivity contribution in [3.05, 3.63) is 70.3 Å². The third kappa shape index (κ3) is 2.97. The van der Waals surface area contributed by atoms with Gasteiger partial charge in [0.1, 0.15) is 0 Å². The predicted molar refractivity (Wildman–Crippen MR) is 90.2 cm³/mol. The molecule has 1 N–H and O–H groups in total. The van der Waals surface area contributed by atoms with Crippen molar-refractivity contribution in [1.82, 2.24) is 4.98 Å². The molecule has 21 heavy (non-hydrogen) atoms.